The molecule has 0 unspecified atom stereocenters. The highest BCUT2D eigenvalue weighted by Crippen LogP contribution is 2.18. The van der Waals surface area contributed by atoms with Crippen LogP contribution >= 0.6 is 0 Å². The molecule has 0 spiro atoms. The number of hydrogen-bond donors (Lipinski definition) is 2. The van der Waals surface area contributed by atoms with E-state index in [1.165, 1.54) is 11.3 Å². The van der Waals surface area contributed by atoms with Crippen molar-refractivity contribution in [1.82, 2.24) is 15.5 Å². The molecule has 0 aliphatic rings. The van der Waals surface area contributed by atoms with Gasteiger partial charge in [-0.25, -0.2) is 0 Å². The molecule has 2 rings (SSSR count). The van der Waals surface area contributed by atoms with Gasteiger partial charge in [0.1, 0.15) is 0 Å². The third-order valence-electron chi connectivity index (χ3n) is 4.76. The normalized spacial score (nSPS) is 12.0. The zero-order valence-corrected chi connectivity index (χ0v) is 16.0. The molecular weight excluding hydrogens is 312 g/mol. The summed E-state index contributed by atoms with van der Waals surface area (Å²) in [6.45, 7) is 12.6. The molecule has 2 aromatic rings. The van der Waals surface area contributed by atoms with Gasteiger partial charge in [-0.05, 0) is 51.3 Å². The van der Waals surface area contributed by atoms with E-state index in [2.05, 4.69) is 58.5 Å². The second kappa shape index (κ2) is 8.70. The summed E-state index contributed by atoms with van der Waals surface area (Å²) in [5, 5.41) is 10.3. The Hall–Kier alpha value is -2.30. The molecule has 0 radical (unpaired) electrons. The molecule has 5 heteroatoms. The molecule has 0 saturated heterocycles. The van der Waals surface area contributed by atoms with Crippen LogP contribution in [0.25, 0.3) is 0 Å². The lowest BCUT2D eigenvalue weighted by Gasteiger charge is -2.25. The lowest BCUT2D eigenvalue weighted by molar-refractivity contribution is -0.124. The first-order valence-electron chi connectivity index (χ1n) is 9.02. The van der Waals surface area contributed by atoms with Crippen LogP contribution in [0.2, 0.25) is 0 Å². The first-order valence-corrected chi connectivity index (χ1v) is 9.02. The van der Waals surface area contributed by atoms with Crippen molar-refractivity contribution in [1.29, 1.82) is 0 Å². The SMILES string of the molecule is CCN(CCNC(=O)[C@H](C)Cc1c(C)n[nH]c1C)c1ccccc1C. The van der Waals surface area contributed by atoms with Gasteiger partial charge in [-0.3, -0.25) is 9.89 Å². The zero-order valence-electron chi connectivity index (χ0n) is 16.0. The lowest BCUT2D eigenvalue weighted by Crippen LogP contribution is -2.38. The van der Waals surface area contributed by atoms with Crippen LogP contribution in [-0.4, -0.2) is 35.7 Å². The van der Waals surface area contributed by atoms with Crippen LogP contribution in [0.3, 0.4) is 0 Å². The number of carbonyl (C=O) groups is 1. The molecular formula is C20H30N4O. The quantitative estimate of drug-likeness (QED) is 0.775. The summed E-state index contributed by atoms with van der Waals surface area (Å²) < 4.78 is 0. The topological polar surface area (TPSA) is 61.0 Å². The third kappa shape index (κ3) is 4.84. The fraction of sp³-hybridized carbons (Fsp3) is 0.500. The third-order valence-corrected chi connectivity index (χ3v) is 4.76. The summed E-state index contributed by atoms with van der Waals surface area (Å²) in [6.07, 6.45) is 0.718. The van der Waals surface area contributed by atoms with E-state index in [1.807, 2.05) is 20.8 Å². The van der Waals surface area contributed by atoms with Gasteiger partial charge in [-0.2, -0.15) is 5.10 Å². The average molecular weight is 342 g/mol. The number of H-pyrrole nitrogens is 1. The van der Waals surface area contributed by atoms with Gasteiger partial charge in [0, 0.05) is 36.9 Å². The van der Waals surface area contributed by atoms with Crippen LogP contribution in [0.15, 0.2) is 24.3 Å². The molecule has 1 amide bonds. The van der Waals surface area contributed by atoms with E-state index < -0.39 is 0 Å². The maximum Gasteiger partial charge on any atom is 0.223 e. The summed E-state index contributed by atoms with van der Waals surface area (Å²) in [6, 6.07) is 8.36. The molecule has 0 aliphatic carbocycles. The van der Waals surface area contributed by atoms with Gasteiger partial charge in [-0.1, -0.05) is 25.1 Å². The number of aromatic nitrogens is 2. The van der Waals surface area contributed by atoms with Crippen LogP contribution in [0.1, 0.15) is 36.4 Å². The van der Waals surface area contributed by atoms with E-state index in [0.29, 0.717) is 6.54 Å². The van der Waals surface area contributed by atoms with E-state index in [0.717, 1.165) is 36.5 Å². The molecule has 0 fully saturated rings. The Morgan fingerprint density at radius 3 is 2.60 bits per heavy atom. The molecule has 0 aliphatic heterocycles. The van der Waals surface area contributed by atoms with Gasteiger partial charge < -0.3 is 10.2 Å². The van der Waals surface area contributed by atoms with Crippen molar-refractivity contribution in [3.8, 4) is 0 Å². The lowest BCUT2D eigenvalue weighted by atomic mass is 9.99. The minimum Gasteiger partial charge on any atom is -0.370 e. The number of nitrogens with one attached hydrogen (secondary N) is 2. The second-order valence-electron chi connectivity index (χ2n) is 6.67. The summed E-state index contributed by atoms with van der Waals surface area (Å²) in [5.41, 5.74) is 5.67. The van der Waals surface area contributed by atoms with Crippen LogP contribution in [-0.2, 0) is 11.2 Å². The number of carbonyl (C=O) groups excluding carboxylic acids is 1. The highest BCUT2D eigenvalue weighted by molar-refractivity contribution is 5.78. The molecule has 2 N–H and O–H groups in total. The maximum absolute atomic E-state index is 12.4. The molecule has 1 heterocycles. The van der Waals surface area contributed by atoms with E-state index in [9.17, 15) is 4.79 Å². The maximum atomic E-state index is 12.4. The average Bonchev–Trinajstić information content (AvgIpc) is 2.91. The van der Waals surface area contributed by atoms with E-state index >= 15 is 0 Å². The van der Waals surface area contributed by atoms with Crippen molar-refractivity contribution in [2.75, 3.05) is 24.5 Å². The molecule has 1 atom stereocenters. The molecule has 1 aromatic carbocycles. The minimum absolute atomic E-state index is 0.0662. The number of hydrogen-bond acceptors (Lipinski definition) is 3. The smallest absolute Gasteiger partial charge is 0.223 e. The minimum atomic E-state index is -0.0662. The van der Waals surface area contributed by atoms with Crippen LogP contribution < -0.4 is 10.2 Å². The number of nitrogens with zero attached hydrogens (tertiary/aromatic N) is 2. The molecule has 5 nitrogen and oxygen atoms in total. The Bertz CT molecular complexity index is 688. The number of rotatable bonds is 8. The second-order valence-corrected chi connectivity index (χ2v) is 6.67. The summed E-state index contributed by atoms with van der Waals surface area (Å²) in [4.78, 5) is 14.7. The van der Waals surface area contributed by atoms with Crippen molar-refractivity contribution in [3.05, 3.63) is 46.8 Å². The Morgan fingerprint density at radius 1 is 1.28 bits per heavy atom. The number of likely N-dealkylation sites (N-methyl/N-ethyl adjacent to an activating group) is 1. The number of anilines is 1. The van der Waals surface area contributed by atoms with Crippen molar-refractivity contribution in [3.63, 3.8) is 0 Å². The number of amides is 1. The molecule has 136 valence electrons. The van der Waals surface area contributed by atoms with Crippen molar-refractivity contribution < 1.29 is 4.79 Å². The van der Waals surface area contributed by atoms with Gasteiger partial charge >= 0.3 is 0 Å². The molecule has 1 aromatic heterocycles. The molecule has 0 bridgehead atoms. The van der Waals surface area contributed by atoms with Gasteiger partial charge in [0.05, 0.1) is 5.69 Å². The zero-order chi connectivity index (χ0) is 18.4. The van der Waals surface area contributed by atoms with E-state index in [-0.39, 0.29) is 11.8 Å². The van der Waals surface area contributed by atoms with Gasteiger partial charge in [0.2, 0.25) is 5.91 Å². The van der Waals surface area contributed by atoms with E-state index in [4.69, 9.17) is 0 Å². The fourth-order valence-electron chi connectivity index (χ4n) is 3.13. The number of benzene rings is 1. The highest BCUT2D eigenvalue weighted by Gasteiger charge is 2.17. The van der Waals surface area contributed by atoms with Gasteiger partial charge in [0.25, 0.3) is 0 Å². The first kappa shape index (κ1) is 19.0. The monoisotopic (exact) mass is 342 g/mol. The van der Waals surface area contributed by atoms with E-state index in [1.54, 1.807) is 0 Å². The number of aryl methyl sites for hydroxylation is 3. The van der Waals surface area contributed by atoms with Gasteiger partial charge in [0.15, 0.2) is 0 Å². The fourth-order valence-corrected chi connectivity index (χ4v) is 3.13. The van der Waals surface area contributed by atoms with Crippen molar-refractivity contribution >= 4 is 11.6 Å². The predicted molar refractivity (Wildman–Crippen MR) is 103 cm³/mol. The summed E-state index contributed by atoms with van der Waals surface area (Å²) in [7, 11) is 0. The standard InChI is InChI=1S/C20H30N4O/c1-6-24(19-10-8-7-9-14(19)2)12-11-21-20(25)15(3)13-18-16(4)22-23-17(18)5/h7-10,15H,6,11-13H2,1-5H3,(H,21,25)(H,22,23)/t15-/m1/s1. The van der Waals surface area contributed by atoms with Crippen molar-refractivity contribution in [2.45, 2.75) is 41.0 Å². The van der Waals surface area contributed by atoms with Crippen LogP contribution in [0.5, 0.6) is 0 Å². The summed E-state index contributed by atoms with van der Waals surface area (Å²) in [5.74, 6) is 0.0318. The summed E-state index contributed by atoms with van der Waals surface area (Å²) >= 11 is 0. The number of aromatic amines is 1. The Labute approximate surface area is 150 Å². The van der Waals surface area contributed by atoms with Crippen molar-refractivity contribution in [2.24, 2.45) is 5.92 Å². The first-order chi connectivity index (χ1) is 11.9. The van der Waals surface area contributed by atoms with Crippen LogP contribution in [0, 0.1) is 26.7 Å². The largest absolute Gasteiger partial charge is 0.370 e. The molecule has 0 saturated carbocycles. The number of para-hydroxylation sites is 1. The Morgan fingerprint density at radius 2 is 2.00 bits per heavy atom. The van der Waals surface area contributed by atoms with Gasteiger partial charge in [-0.15, -0.1) is 0 Å². The highest BCUT2D eigenvalue weighted by atomic mass is 16.1. The predicted octanol–water partition coefficient (Wildman–Crippen LogP) is 3.16. The molecule has 25 heavy (non-hydrogen) atoms. The Kier molecular flexibility index (Phi) is 6.62. The van der Waals surface area contributed by atoms with Crippen LogP contribution in [0.4, 0.5) is 5.69 Å². The Balaban J connectivity index is 1.86.